The van der Waals surface area contributed by atoms with Gasteiger partial charge in [0, 0.05) is 5.38 Å². The molecule has 0 aromatic carbocycles. The first kappa shape index (κ1) is 23.0. The van der Waals surface area contributed by atoms with Crippen molar-refractivity contribution in [3.8, 4) is 0 Å². The summed E-state index contributed by atoms with van der Waals surface area (Å²) in [7, 11) is 0. The maximum Gasteiger partial charge on any atom is 0.350 e. The lowest BCUT2D eigenvalue weighted by atomic mass is 9.84. The van der Waals surface area contributed by atoms with Crippen LogP contribution in [0.2, 0.25) is 0 Å². The van der Waals surface area contributed by atoms with E-state index in [0.29, 0.717) is 0 Å². The zero-order valence-corrected chi connectivity index (χ0v) is 16.6. The molecule has 14 nitrogen and oxygen atoms in total. The van der Waals surface area contributed by atoms with Crippen molar-refractivity contribution in [2.24, 2.45) is 5.16 Å². The van der Waals surface area contributed by atoms with Gasteiger partial charge in [-0.2, -0.15) is 0 Å². The molecular formula is C15H19N5O9S. The van der Waals surface area contributed by atoms with E-state index in [1.165, 1.54) is 19.2 Å². The number of carboxylic acids is 2. The summed E-state index contributed by atoms with van der Waals surface area (Å²) in [5.41, 5.74) is 3.94. The second kappa shape index (κ2) is 9.02. The highest BCUT2D eigenvalue weighted by Crippen LogP contribution is 2.32. The molecule has 0 bridgehead atoms. The number of carbonyl (C=O) groups excluding carboxylic acids is 2. The van der Waals surface area contributed by atoms with E-state index in [-0.39, 0.29) is 10.8 Å². The number of rotatable bonds is 10. The highest BCUT2D eigenvalue weighted by atomic mass is 32.1. The molecule has 1 saturated heterocycles. The van der Waals surface area contributed by atoms with Crippen LogP contribution in [-0.4, -0.2) is 85.7 Å². The first-order chi connectivity index (χ1) is 14.0. The molecule has 2 unspecified atom stereocenters. The Morgan fingerprint density at radius 1 is 1.43 bits per heavy atom. The Morgan fingerprint density at radius 3 is 2.57 bits per heavy atom. The van der Waals surface area contributed by atoms with Crippen LogP contribution in [0.25, 0.3) is 0 Å². The normalized spacial score (nSPS) is 19.0. The van der Waals surface area contributed by atoms with Crippen LogP contribution in [0.1, 0.15) is 19.5 Å². The monoisotopic (exact) mass is 445 g/mol. The Kier molecular flexibility index (Phi) is 6.91. The van der Waals surface area contributed by atoms with Crippen molar-refractivity contribution in [3.63, 3.8) is 0 Å². The minimum absolute atomic E-state index is 0.0411. The van der Waals surface area contributed by atoms with Gasteiger partial charge in [0.25, 0.3) is 11.8 Å². The zero-order valence-electron chi connectivity index (χ0n) is 15.8. The van der Waals surface area contributed by atoms with Gasteiger partial charge in [0.05, 0.1) is 12.1 Å². The fraction of sp³-hybridized carbons (Fsp3) is 0.467. The van der Waals surface area contributed by atoms with Gasteiger partial charge in [0.1, 0.15) is 11.7 Å². The number of aliphatic hydroxyl groups is 1. The number of hydrogen-bond donors (Lipinski definition) is 5. The average molecular weight is 445 g/mol. The third-order valence-corrected chi connectivity index (χ3v) is 4.64. The lowest BCUT2D eigenvalue weighted by molar-refractivity contribution is -0.257. The summed E-state index contributed by atoms with van der Waals surface area (Å²) in [6.45, 7) is 1.41. The van der Waals surface area contributed by atoms with E-state index in [2.05, 4.69) is 15.5 Å². The van der Waals surface area contributed by atoms with Crippen LogP contribution in [0.3, 0.4) is 0 Å². The van der Waals surface area contributed by atoms with Gasteiger partial charge in [-0.05, 0) is 13.8 Å². The Balaban J connectivity index is 2.20. The molecular weight excluding hydrogens is 426 g/mol. The first-order valence-electron chi connectivity index (χ1n) is 8.27. The third-order valence-electron chi connectivity index (χ3n) is 3.96. The minimum Gasteiger partial charge on any atom is -0.479 e. The number of aliphatic hydroxyl groups excluding tert-OH is 1. The van der Waals surface area contributed by atoms with Crippen LogP contribution in [0, 0.1) is 0 Å². The molecule has 0 aliphatic carbocycles. The lowest BCUT2D eigenvalue weighted by Crippen LogP contribution is -2.76. The highest BCUT2D eigenvalue weighted by molar-refractivity contribution is 7.13. The predicted molar refractivity (Wildman–Crippen MR) is 99.1 cm³/mol. The summed E-state index contributed by atoms with van der Waals surface area (Å²) < 4.78 is 0. The molecule has 1 aliphatic rings. The quantitative estimate of drug-likeness (QED) is 0.151. The number of nitrogens with one attached hydrogen (secondary N) is 1. The number of oxime groups is 1. The molecule has 1 aromatic heterocycles. The number of carboxylic acid groups (broad SMARTS) is 2. The second-order valence-electron chi connectivity index (χ2n) is 6.49. The number of nitrogens with two attached hydrogens (primary N) is 1. The van der Waals surface area contributed by atoms with E-state index in [1.54, 1.807) is 0 Å². The molecule has 164 valence electrons. The number of thiazole rings is 1. The van der Waals surface area contributed by atoms with Gasteiger partial charge < -0.3 is 31.2 Å². The molecule has 2 heterocycles. The van der Waals surface area contributed by atoms with Crippen LogP contribution < -0.4 is 11.1 Å². The van der Waals surface area contributed by atoms with E-state index in [1.807, 2.05) is 0 Å². The SMILES string of the molecule is CC1(C)C(NC(=O)C(=NOC(CO)C(=O)O)c2csc(N)n2)C(=O)N1OCC(=O)O. The van der Waals surface area contributed by atoms with Gasteiger partial charge in [-0.25, -0.2) is 19.6 Å². The Bertz CT molecular complexity index is 884. The number of anilines is 1. The molecule has 1 aromatic rings. The van der Waals surface area contributed by atoms with E-state index in [9.17, 15) is 19.2 Å². The van der Waals surface area contributed by atoms with Crippen molar-refractivity contribution < 1.29 is 44.2 Å². The summed E-state index contributed by atoms with van der Waals surface area (Å²) >= 11 is 0.979. The van der Waals surface area contributed by atoms with Gasteiger partial charge in [0.2, 0.25) is 6.10 Å². The Labute approximate surface area is 172 Å². The summed E-state index contributed by atoms with van der Waals surface area (Å²) in [4.78, 5) is 60.1. The molecule has 0 saturated carbocycles. The summed E-state index contributed by atoms with van der Waals surface area (Å²) in [5.74, 6) is -4.44. The van der Waals surface area contributed by atoms with Gasteiger partial charge in [-0.15, -0.1) is 11.3 Å². The smallest absolute Gasteiger partial charge is 0.350 e. The molecule has 1 fully saturated rings. The maximum atomic E-state index is 12.7. The molecule has 30 heavy (non-hydrogen) atoms. The van der Waals surface area contributed by atoms with Gasteiger partial charge >= 0.3 is 11.9 Å². The van der Waals surface area contributed by atoms with E-state index >= 15 is 0 Å². The number of aliphatic carboxylic acids is 2. The van der Waals surface area contributed by atoms with E-state index in [4.69, 9.17) is 30.7 Å². The third kappa shape index (κ3) is 4.81. The maximum absolute atomic E-state index is 12.7. The van der Waals surface area contributed by atoms with Gasteiger partial charge in [-0.1, -0.05) is 5.16 Å². The Hall–Kier alpha value is -3.30. The van der Waals surface area contributed by atoms with Crippen molar-refractivity contribution >= 4 is 45.9 Å². The molecule has 15 heteroatoms. The molecule has 1 aliphatic heterocycles. The molecule has 2 rings (SSSR count). The summed E-state index contributed by atoms with van der Waals surface area (Å²) in [5, 5.41) is 34.8. The summed E-state index contributed by atoms with van der Waals surface area (Å²) in [6, 6.07) is -1.10. The first-order valence-corrected chi connectivity index (χ1v) is 9.15. The number of nitrogens with zero attached hydrogens (tertiary/aromatic N) is 3. The van der Waals surface area contributed by atoms with Gasteiger partial charge in [-0.3, -0.25) is 14.4 Å². The van der Waals surface area contributed by atoms with Crippen molar-refractivity contribution in [3.05, 3.63) is 11.1 Å². The molecule has 0 spiro atoms. The summed E-state index contributed by atoms with van der Waals surface area (Å²) in [6.07, 6.45) is -1.73. The van der Waals surface area contributed by atoms with Crippen molar-refractivity contribution in [1.29, 1.82) is 0 Å². The van der Waals surface area contributed by atoms with Crippen LogP contribution in [0.4, 0.5) is 5.13 Å². The molecule has 2 amide bonds. The molecule has 2 atom stereocenters. The lowest BCUT2D eigenvalue weighted by Gasteiger charge is -2.51. The van der Waals surface area contributed by atoms with E-state index in [0.717, 1.165) is 16.4 Å². The molecule has 0 radical (unpaired) electrons. The number of amides is 2. The predicted octanol–water partition coefficient (Wildman–Crippen LogP) is -1.99. The zero-order chi connectivity index (χ0) is 22.6. The number of nitrogen functional groups attached to an aromatic ring is 1. The fourth-order valence-corrected chi connectivity index (χ4v) is 2.96. The average Bonchev–Trinajstić information content (AvgIpc) is 3.08. The number of hydrogen-bond acceptors (Lipinski definition) is 11. The van der Waals surface area contributed by atoms with Gasteiger partial charge in [0.15, 0.2) is 17.5 Å². The second-order valence-corrected chi connectivity index (χ2v) is 7.38. The largest absolute Gasteiger partial charge is 0.479 e. The van der Waals surface area contributed by atoms with Crippen LogP contribution in [-0.2, 0) is 28.9 Å². The van der Waals surface area contributed by atoms with Crippen LogP contribution in [0.5, 0.6) is 0 Å². The van der Waals surface area contributed by atoms with Crippen molar-refractivity contribution in [2.75, 3.05) is 18.9 Å². The number of β-lactam (4-membered cyclic amide) rings is 1. The Morgan fingerprint density at radius 2 is 2.10 bits per heavy atom. The standard InChI is InChI=1S/C15H19N5O9S/c1-15(2)10(12(25)20(15)28-4-8(22)23)18-11(24)9(6-5-30-14(16)17-6)19-29-7(3-21)13(26)27/h5,7,10,21H,3-4H2,1-2H3,(H2,16,17)(H,18,24)(H,22,23)(H,26,27). The van der Waals surface area contributed by atoms with Crippen molar-refractivity contribution in [2.45, 2.75) is 31.5 Å². The highest BCUT2D eigenvalue weighted by Gasteiger charge is 2.56. The molecule has 6 N–H and O–H groups in total. The fourth-order valence-electron chi connectivity index (χ4n) is 2.42. The van der Waals surface area contributed by atoms with Crippen LogP contribution >= 0.6 is 11.3 Å². The number of hydroxylamine groups is 2. The number of carbonyl (C=O) groups is 4. The minimum atomic E-state index is -1.73. The number of aromatic nitrogens is 1. The topological polar surface area (TPSA) is 214 Å². The van der Waals surface area contributed by atoms with E-state index < -0.39 is 60.4 Å². The van der Waals surface area contributed by atoms with Crippen molar-refractivity contribution in [1.82, 2.24) is 15.4 Å². The van der Waals surface area contributed by atoms with Crippen LogP contribution in [0.15, 0.2) is 10.5 Å².